The van der Waals surface area contributed by atoms with Gasteiger partial charge in [0.2, 0.25) is 0 Å². The van der Waals surface area contributed by atoms with Gasteiger partial charge in [-0.3, -0.25) is 0 Å². The molecule has 0 fully saturated rings. The maximum absolute atomic E-state index is 5.79. The fourth-order valence-electron chi connectivity index (χ4n) is 1.12. The van der Waals surface area contributed by atoms with E-state index in [1.807, 2.05) is 18.2 Å². The number of benzene rings is 1. The molecule has 2 nitrogen and oxygen atoms in total. The zero-order valence-electron chi connectivity index (χ0n) is 8.55. The topological polar surface area (TPSA) is 18.5 Å². The Labute approximate surface area is 89.8 Å². The molecule has 14 heavy (non-hydrogen) atoms. The summed E-state index contributed by atoms with van der Waals surface area (Å²) in [7, 11) is 1.64. The Bertz CT molecular complexity index is 287. The molecule has 1 rings (SSSR count). The summed E-state index contributed by atoms with van der Waals surface area (Å²) >= 11 is 5.79. The smallest absolute Gasteiger partial charge is 0.127 e. The zero-order valence-corrected chi connectivity index (χ0v) is 9.30. The second-order valence-electron chi connectivity index (χ2n) is 2.96. The first kappa shape index (κ1) is 11.2. The van der Waals surface area contributed by atoms with Crippen molar-refractivity contribution in [3.05, 3.63) is 23.8 Å². The van der Waals surface area contributed by atoms with Crippen molar-refractivity contribution in [2.75, 3.05) is 13.7 Å². The van der Waals surface area contributed by atoms with Crippen molar-refractivity contribution >= 4 is 11.6 Å². The average Bonchev–Trinajstić information content (AvgIpc) is 2.25. The molecule has 0 atom stereocenters. The second kappa shape index (κ2) is 5.76. The van der Waals surface area contributed by atoms with Crippen LogP contribution in [0.25, 0.3) is 0 Å². The molecule has 0 aliphatic heterocycles. The highest BCUT2D eigenvalue weighted by molar-refractivity contribution is 6.17. The summed E-state index contributed by atoms with van der Waals surface area (Å²) in [5.74, 6) is 2.08. The van der Waals surface area contributed by atoms with Gasteiger partial charge in [-0.15, -0.1) is 11.6 Å². The molecular weight excluding hydrogens is 200 g/mol. The average molecular weight is 215 g/mol. The van der Waals surface area contributed by atoms with Crippen LogP contribution in [-0.2, 0) is 5.88 Å². The largest absolute Gasteiger partial charge is 0.497 e. The SMILES string of the molecule is CCCOc1cc(OC)ccc1CCl. The van der Waals surface area contributed by atoms with Gasteiger partial charge in [0.15, 0.2) is 0 Å². The van der Waals surface area contributed by atoms with Gasteiger partial charge in [0.25, 0.3) is 0 Å². The molecule has 0 aliphatic rings. The van der Waals surface area contributed by atoms with Crippen molar-refractivity contribution in [2.45, 2.75) is 19.2 Å². The summed E-state index contributed by atoms with van der Waals surface area (Å²) < 4.78 is 10.7. The van der Waals surface area contributed by atoms with E-state index in [-0.39, 0.29) is 0 Å². The standard InChI is InChI=1S/C11H15ClO2/c1-3-6-14-11-7-10(13-2)5-4-9(11)8-12/h4-5,7H,3,6,8H2,1-2H3. The van der Waals surface area contributed by atoms with E-state index in [0.29, 0.717) is 12.5 Å². The number of hydrogen-bond donors (Lipinski definition) is 0. The predicted molar refractivity (Wildman–Crippen MR) is 58.3 cm³/mol. The first-order valence-electron chi connectivity index (χ1n) is 4.67. The highest BCUT2D eigenvalue weighted by atomic mass is 35.5. The Morgan fingerprint density at radius 3 is 2.71 bits per heavy atom. The molecule has 0 saturated heterocycles. The van der Waals surface area contributed by atoms with Crippen molar-refractivity contribution in [1.29, 1.82) is 0 Å². The number of ether oxygens (including phenoxy) is 2. The minimum absolute atomic E-state index is 0.461. The van der Waals surface area contributed by atoms with E-state index >= 15 is 0 Å². The summed E-state index contributed by atoms with van der Waals surface area (Å²) in [5, 5.41) is 0. The van der Waals surface area contributed by atoms with Crippen LogP contribution >= 0.6 is 11.6 Å². The highest BCUT2D eigenvalue weighted by Crippen LogP contribution is 2.26. The molecule has 0 bridgehead atoms. The van der Waals surface area contributed by atoms with E-state index < -0.39 is 0 Å². The molecule has 78 valence electrons. The molecule has 0 N–H and O–H groups in total. The Morgan fingerprint density at radius 2 is 2.14 bits per heavy atom. The van der Waals surface area contributed by atoms with Gasteiger partial charge >= 0.3 is 0 Å². The van der Waals surface area contributed by atoms with Gasteiger partial charge in [-0.05, 0) is 12.5 Å². The Kier molecular flexibility index (Phi) is 4.60. The van der Waals surface area contributed by atoms with Gasteiger partial charge in [0.1, 0.15) is 11.5 Å². The van der Waals surface area contributed by atoms with Crippen LogP contribution < -0.4 is 9.47 Å². The van der Waals surface area contributed by atoms with Crippen LogP contribution in [0.4, 0.5) is 0 Å². The van der Waals surface area contributed by atoms with E-state index in [2.05, 4.69) is 6.92 Å². The molecule has 0 spiro atoms. The van der Waals surface area contributed by atoms with Gasteiger partial charge in [0.05, 0.1) is 19.6 Å². The third kappa shape index (κ3) is 2.81. The molecular formula is C11H15ClO2. The van der Waals surface area contributed by atoms with Gasteiger partial charge < -0.3 is 9.47 Å². The van der Waals surface area contributed by atoms with Crippen molar-refractivity contribution in [3.8, 4) is 11.5 Å². The Hall–Kier alpha value is -0.890. The van der Waals surface area contributed by atoms with Gasteiger partial charge in [0, 0.05) is 11.6 Å². The molecule has 3 heteroatoms. The third-order valence-electron chi connectivity index (χ3n) is 1.88. The van der Waals surface area contributed by atoms with E-state index in [1.54, 1.807) is 7.11 Å². The highest BCUT2D eigenvalue weighted by Gasteiger charge is 2.04. The Balaban J connectivity index is 2.84. The lowest BCUT2D eigenvalue weighted by Crippen LogP contribution is -1.98. The fraction of sp³-hybridized carbons (Fsp3) is 0.455. The number of rotatable bonds is 5. The molecule has 0 aromatic heterocycles. The molecule has 0 heterocycles. The molecule has 0 saturated carbocycles. The van der Waals surface area contributed by atoms with Crippen molar-refractivity contribution < 1.29 is 9.47 Å². The summed E-state index contributed by atoms with van der Waals surface area (Å²) in [5.41, 5.74) is 1.00. The molecule has 1 aromatic carbocycles. The molecule has 0 unspecified atom stereocenters. The van der Waals surface area contributed by atoms with Crippen molar-refractivity contribution in [3.63, 3.8) is 0 Å². The normalized spacial score (nSPS) is 9.93. The van der Waals surface area contributed by atoms with E-state index in [1.165, 1.54) is 0 Å². The van der Waals surface area contributed by atoms with Crippen LogP contribution in [0.15, 0.2) is 18.2 Å². The predicted octanol–water partition coefficient (Wildman–Crippen LogP) is 3.22. The number of halogens is 1. The van der Waals surface area contributed by atoms with E-state index in [4.69, 9.17) is 21.1 Å². The monoisotopic (exact) mass is 214 g/mol. The lowest BCUT2D eigenvalue weighted by atomic mass is 10.2. The summed E-state index contributed by atoms with van der Waals surface area (Å²) in [6, 6.07) is 5.68. The molecule has 0 amide bonds. The van der Waals surface area contributed by atoms with Crippen LogP contribution in [0.1, 0.15) is 18.9 Å². The third-order valence-corrected chi connectivity index (χ3v) is 2.17. The fourth-order valence-corrected chi connectivity index (χ4v) is 1.34. The summed E-state index contributed by atoms with van der Waals surface area (Å²) in [6.45, 7) is 2.78. The maximum Gasteiger partial charge on any atom is 0.127 e. The number of methoxy groups -OCH3 is 1. The minimum atomic E-state index is 0.461. The molecule has 1 aromatic rings. The molecule has 0 aliphatic carbocycles. The first-order valence-corrected chi connectivity index (χ1v) is 5.21. The van der Waals surface area contributed by atoms with Gasteiger partial charge in [-0.1, -0.05) is 13.0 Å². The van der Waals surface area contributed by atoms with Crippen LogP contribution in [0.5, 0.6) is 11.5 Å². The number of alkyl halides is 1. The second-order valence-corrected chi connectivity index (χ2v) is 3.22. The van der Waals surface area contributed by atoms with Crippen LogP contribution in [0.2, 0.25) is 0 Å². The first-order chi connectivity index (χ1) is 6.81. The lowest BCUT2D eigenvalue weighted by Gasteiger charge is -2.10. The summed E-state index contributed by atoms with van der Waals surface area (Å²) in [6.07, 6.45) is 0.985. The molecule has 0 radical (unpaired) electrons. The van der Waals surface area contributed by atoms with Gasteiger partial charge in [-0.25, -0.2) is 0 Å². The Morgan fingerprint density at radius 1 is 1.36 bits per heavy atom. The van der Waals surface area contributed by atoms with Crippen molar-refractivity contribution in [1.82, 2.24) is 0 Å². The minimum Gasteiger partial charge on any atom is -0.497 e. The van der Waals surface area contributed by atoms with Crippen molar-refractivity contribution in [2.24, 2.45) is 0 Å². The summed E-state index contributed by atoms with van der Waals surface area (Å²) in [4.78, 5) is 0. The maximum atomic E-state index is 5.79. The van der Waals surface area contributed by atoms with E-state index in [0.717, 1.165) is 23.5 Å². The number of hydrogen-bond acceptors (Lipinski definition) is 2. The zero-order chi connectivity index (χ0) is 10.4. The quantitative estimate of drug-likeness (QED) is 0.701. The van der Waals surface area contributed by atoms with Crippen LogP contribution in [0, 0.1) is 0 Å². The lowest BCUT2D eigenvalue weighted by molar-refractivity contribution is 0.312. The van der Waals surface area contributed by atoms with E-state index in [9.17, 15) is 0 Å². The van der Waals surface area contributed by atoms with Crippen LogP contribution in [-0.4, -0.2) is 13.7 Å². The van der Waals surface area contributed by atoms with Crippen LogP contribution in [0.3, 0.4) is 0 Å². The van der Waals surface area contributed by atoms with Gasteiger partial charge in [-0.2, -0.15) is 0 Å².